The summed E-state index contributed by atoms with van der Waals surface area (Å²) in [6.07, 6.45) is 3.53. The fourth-order valence-corrected chi connectivity index (χ4v) is 3.22. The Labute approximate surface area is 157 Å². The standard InChI is InChI=1S/C19H21ClN4O2/c1-14(22-18(25)16-4-2-3-5-17(16)20)19(26)24-12-10-23(11-13-24)15-6-8-21-9-7-15/h2-9,14H,10-13H2,1H3,(H,22,25)/t14-/m0/s1. The van der Waals surface area contributed by atoms with Gasteiger partial charge in [0.25, 0.3) is 5.91 Å². The van der Waals surface area contributed by atoms with E-state index < -0.39 is 6.04 Å². The second-order valence-corrected chi connectivity index (χ2v) is 6.60. The van der Waals surface area contributed by atoms with Gasteiger partial charge in [-0.25, -0.2) is 0 Å². The Hall–Kier alpha value is -2.60. The zero-order valence-corrected chi connectivity index (χ0v) is 15.3. The number of benzene rings is 1. The predicted molar refractivity (Wildman–Crippen MR) is 101 cm³/mol. The highest BCUT2D eigenvalue weighted by atomic mass is 35.5. The van der Waals surface area contributed by atoms with Crippen LogP contribution in [0, 0.1) is 0 Å². The first-order valence-corrected chi connectivity index (χ1v) is 8.93. The van der Waals surface area contributed by atoms with Crippen molar-refractivity contribution in [2.45, 2.75) is 13.0 Å². The second kappa shape index (κ2) is 8.19. The Kier molecular flexibility index (Phi) is 5.73. The molecule has 3 rings (SSSR count). The van der Waals surface area contributed by atoms with Gasteiger partial charge in [0, 0.05) is 44.3 Å². The Bertz CT molecular complexity index is 776. The van der Waals surface area contributed by atoms with Crippen molar-refractivity contribution < 1.29 is 9.59 Å². The third-order valence-electron chi connectivity index (χ3n) is 4.46. The van der Waals surface area contributed by atoms with Gasteiger partial charge >= 0.3 is 0 Å². The largest absolute Gasteiger partial charge is 0.368 e. The minimum atomic E-state index is -0.605. The molecule has 0 aliphatic carbocycles. The zero-order valence-electron chi connectivity index (χ0n) is 14.6. The number of piperazine rings is 1. The number of carbonyl (C=O) groups is 2. The lowest BCUT2D eigenvalue weighted by Gasteiger charge is -2.37. The molecule has 0 spiro atoms. The number of halogens is 1. The summed E-state index contributed by atoms with van der Waals surface area (Å²) >= 11 is 6.04. The fraction of sp³-hybridized carbons (Fsp3) is 0.316. The van der Waals surface area contributed by atoms with Crippen molar-refractivity contribution in [3.63, 3.8) is 0 Å². The first-order chi connectivity index (χ1) is 12.6. The normalized spacial score (nSPS) is 15.5. The van der Waals surface area contributed by atoms with Crippen molar-refractivity contribution in [2.75, 3.05) is 31.1 Å². The number of pyridine rings is 1. The second-order valence-electron chi connectivity index (χ2n) is 6.19. The van der Waals surface area contributed by atoms with Crippen LogP contribution in [0.3, 0.4) is 0 Å². The summed E-state index contributed by atoms with van der Waals surface area (Å²) in [5.41, 5.74) is 1.48. The zero-order chi connectivity index (χ0) is 18.5. The molecule has 136 valence electrons. The highest BCUT2D eigenvalue weighted by Crippen LogP contribution is 2.16. The Morgan fingerprint density at radius 2 is 1.73 bits per heavy atom. The van der Waals surface area contributed by atoms with Gasteiger partial charge in [-0.2, -0.15) is 0 Å². The monoisotopic (exact) mass is 372 g/mol. The van der Waals surface area contributed by atoms with Crippen LogP contribution in [-0.2, 0) is 4.79 Å². The average molecular weight is 373 g/mol. The van der Waals surface area contributed by atoms with Crippen LogP contribution in [0.2, 0.25) is 5.02 Å². The van der Waals surface area contributed by atoms with E-state index in [1.807, 2.05) is 12.1 Å². The lowest BCUT2D eigenvalue weighted by molar-refractivity contribution is -0.133. The van der Waals surface area contributed by atoms with Gasteiger partial charge in [0.1, 0.15) is 6.04 Å². The quantitative estimate of drug-likeness (QED) is 0.893. The molecule has 0 radical (unpaired) electrons. The molecule has 1 atom stereocenters. The summed E-state index contributed by atoms with van der Waals surface area (Å²) in [7, 11) is 0. The maximum absolute atomic E-state index is 12.6. The van der Waals surface area contributed by atoms with E-state index in [0.717, 1.165) is 18.8 Å². The first kappa shape index (κ1) is 18.2. The van der Waals surface area contributed by atoms with Gasteiger partial charge in [-0.1, -0.05) is 23.7 Å². The van der Waals surface area contributed by atoms with Crippen LogP contribution < -0.4 is 10.2 Å². The lowest BCUT2D eigenvalue weighted by atomic mass is 10.2. The van der Waals surface area contributed by atoms with E-state index in [-0.39, 0.29) is 11.8 Å². The molecule has 0 unspecified atom stereocenters. The third-order valence-corrected chi connectivity index (χ3v) is 4.79. The summed E-state index contributed by atoms with van der Waals surface area (Å²) in [5, 5.41) is 3.11. The molecule has 1 aromatic heterocycles. The van der Waals surface area contributed by atoms with Crippen molar-refractivity contribution >= 4 is 29.1 Å². The van der Waals surface area contributed by atoms with Gasteiger partial charge in [-0.15, -0.1) is 0 Å². The fourth-order valence-electron chi connectivity index (χ4n) is 3.00. The molecular weight excluding hydrogens is 352 g/mol. The number of anilines is 1. The highest BCUT2D eigenvalue weighted by molar-refractivity contribution is 6.33. The molecule has 2 aromatic rings. The molecule has 1 aliphatic heterocycles. The average Bonchev–Trinajstić information content (AvgIpc) is 2.68. The number of nitrogens with zero attached hydrogens (tertiary/aromatic N) is 3. The van der Waals surface area contributed by atoms with E-state index in [4.69, 9.17) is 11.6 Å². The van der Waals surface area contributed by atoms with Crippen molar-refractivity contribution in [3.05, 3.63) is 59.4 Å². The highest BCUT2D eigenvalue weighted by Gasteiger charge is 2.26. The molecule has 1 saturated heterocycles. The number of carbonyl (C=O) groups excluding carboxylic acids is 2. The molecular formula is C19H21ClN4O2. The maximum Gasteiger partial charge on any atom is 0.253 e. The third kappa shape index (κ3) is 4.14. The minimum absolute atomic E-state index is 0.0835. The van der Waals surface area contributed by atoms with Crippen molar-refractivity contribution in [2.24, 2.45) is 0 Å². The van der Waals surface area contributed by atoms with Gasteiger partial charge in [-0.3, -0.25) is 14.6 Å². The van der Waals surface area contributed by atoms with E-state index in [9.17, 15) is 9.59 Å². The molecule has 2 amide bonds. The molecule has 1 N–H and O–H groups in total. The Morgan fingerprint density at radius 1 is 1.08 bits per heavy atom. The summed E-state index contributed by atoms with van der Waals surface area (Å²) in [4.78, 5) is 33.0. The number of aromatic nitrogens is 1. The van der Waals surface area contributed by atoms with E-state index in [1.165, 1.54) is 0 Å². The molecule has 2 heterocycles. The number of amides is 2. The van der Waals surface area contributed by atoms with Gasteiger partial charge in [-0.05, 0) is 31.2 Å². The van der Waals surface area contributed by atoms with Crippen LogP contribution in [0.1, 0.15) is 17.3 Å². The van der Waals surface area contributed by atoms with Gasteiger partial charge in [0.2, 0.25) is 5.91 Å². The topological polar surface area (TPSA) is 65.5 Å². The molecule has 1 fully saturated rings. The molecule has 26 heavy (non-hydrogen) atoms. The van der Waals surface area contributed by atoms with E-state index in [1.54, 1.807) is 48.5 Å². The summed E-state index contributed by atoms with van der Waals surface area (Å²) < 4.78 is 0. The molecule has 0 saturated carbocycles. The van der Waals surface area contributed by atoms with Crippen LogP contribution in [0.25, 0.3) is 0 Å². The van der Waals surface area contributed by atoms with Gasteiger partial charge in [0.15, 0.2) is 0 Å². The van der Waals surface area contributed by atoms with Crippen LogP contribution in [0.5, 0.6) is 0 Å². The molecule has 1 aromatic carbocycles. The SMILES string of the molecule is C[C@H](NC(=O)c1ccccc1Cl)C(=O)N1CCN(c2ccncc2)CC1. The minimum Gasteiger partial charge on any atom is -0.368 e. The number of hydrogen-bond acceptors (Lipinski definition) is 4. The Morgan fingerprint density at radius 3 is 2.38 bits per heavy atom. The predicted octanol–water partition coefficient (Wildman–Crippen LogP) is 2.20. The summed E-state index contributed by atoms with van der Waals surface area (Å²) in [5.74, 6) is -0.424. The molecule has 0 bridgehead atoms. The molecule has 7 heteroatoms. The summed E-state index contributed by atoms with van der Waals surface area (Å²) in [6, 6.07) is 10.1. The van der Waals surface area contributed by atoms with E-state index >= 15 is 0 Å². The van der Waals surface area contributed by atoms with E-state index in [0.29, 0.717) is 23.7 Å². The number of rotatable bonds is 4. The number of nitrogens with one attached hydrogen (secondary N) is 1. The maximum atomic E-state index is 12.6. The van der Waals surface area contributed by atoms with Crippen molar-refractivity contribution in [1.82, 2.24) is 15.2 Å². The van der Waals surface area contributed by atoms with Crippen LogP contribution in [-0.4, -0.2) is 53.9 Å². The first-order valence-electron chi connectivity index (χ1n) is 8.55. The smallest absolute Gasteiger partial charge is 0.253 e. The molecule has 1 aliphatic rings. The summed E-state index contributed by atoms with van der Waals surface area (Å²) in [6.45, 7) is 4.44. The van der Waals surface area contributed by atoms with Gasteiger partial charge < -0.3 is 15.1 Å². The van der Waals surface area contributed by atoms with Gasteiger partial charge in [0.05, 0.1) is 10.6 Å². The van der Waals surface area contributed by atoms with Crippen LogP contribution >= 0.6 is 11.6 Å². The number of hydrogen-bond donors (Lipinski definition) is 1. The lowest BCUT2D eigenvalue weighted by Crippen LogP contribution is -2.54. The van der Waals surface area contributed by atoms with E-state index in [2.05, 4.69) is 15.2 Å². The van der Waals surface area contributed by atoms with Crippen molar-refractivity contribution in [3.8, 4) is 0 Å². The van der Waals surface area contributed by atoms with Crippen molar-refractivity contribution in [1.29, 1.82) is 0 Å². The van der Waals surface area contributed by atoms with Crippen LogP contribution in [0.15, 0.2) is 48.8 Å². The molecule has 6 nitrogen and oxygen atoms in total. The Balaban J connectivity index is 1.55. The van der Waals surface area contributed by atoms with Crippen LogP contribution in [0.4, 0.5) is 5.69 Å².